The van der Waals surface area contributed by atoms with Crippen LogP contribution in [-0.2, 0) is 5.41 Å². The Morgan fingerprint density at radius 3 is 1.50 bits per heavy atom. The molecule has 0 heterocycles. The van der Waals surface area contributed by atoms with E-state index in [1.54, 1.807) is 0 Å². The fraction of sp³-hybridized carbons (Fsp3) is 0.0545. The third-order valence-electron chi connectivity index (χ3n) is 12.7. The molecular formula is C55H37N. The van der Waals surface area contributed by atoms with E-state index in [0.29, 0.717) is 0 Å². The van der Waals surface area contributed by atoms with Gasteiger partial charge in [0, 0.05) is 22.5 Å². The molecule has 0 aromatic heterocycles. The predicted molar refractivity (Wildman–Crippen MR) is 240 cm³/mol. The summed E-state index contributed by atoms with van der Waals surface area (Å²) < 4.78 is 0. The SMILES string of the molecule is CC1(C)c2ccccc2-c2ccc(N(c3ccc(-c4ccccc4)cc3)c3cc4ccc5cccc6c7cccc8ccc9cccc(c(c3)c4c56)c9c87)cc21. The van der Waals surface area contributed by atoms with Crippen LogP contribution in [-0.4, -0.2) is 0 Å². The summed E-state index contributed by atoms with van der Waals surface area (Å²) in [5.74, 6) is 0. The number of benzene rings is 10. The van der Waals surface area contributed by atoms with Crippen molar-refractivity contribution in [2.45, 2.75) is 19.3 Å². The molecule has 0 radical (unpaired) electrons. The third-order valence-corrected chi connectivity index (χ3v) is 12.7. The van der Waals surface area contributed by atoms with Crippen LogP contribution in [0.5, 0.6) is 0 Å². The molecule has 0 N–H and O–H groups in total. The fourth-order valence-electron chi connectivity index (χ4n) is 10.1. The van der Waals surface area contributed by atoms with Crippen molar-refractivity contribution < 1.29 is 0 Å². The van der Waals surface area contributed by atoms with Crippen molar-refractivity contribution in [3.05, 3.63) is 199 Å². The minimum atomic E-state index is -0.118. The normalized spacial score (nSPS) is 13.3. The molecule has 0 atom stereocenters. The van der Waals surface area contributed by atoms with Crippen molar-refractivity contribution in [2.75, 3.05) is 4.90 Å². The molecule has 0 fully saturated rings. The molecule has 12 rings (SSSR count). The summed E-state index contributed by atoms with van der Waals surface area (Å²) >= 11 is 0. The summed E-state index contributed by atoms with van der Waals surface area (Å²) in [6.45, 7) is 4.74. The number of hydrogen-bond acceptors (Lipinski definition) is 1. The zero-order valence-corrected chi connectivity index (χ0v) is 31.3. The average Bonchev–Trinajstić information content (AvgIpc) is 3.48. The highest BCUT2D eigenvalue weighted by atomic mass is 15.1. The maximum absolute atomic E-state index is 2.48. The second kappa shape index (κ2) is 11.5. The fourth-order valence-corrected chi connectivity index (χ4v) is 10.1. The van der Waals surface area contributed by atoms with Gasteiger partial charge in [-0.15, -0.1) is 0 Å². The summed E-state index contributed by atoms with van der Waals surface area (Å²) in [7, 11) is 0. The Labute approximate surface area is 326 Å². The van der Waals surface area contributed by atoms with Gasteiger partial charge in [-0.25, -0.2) is 0 Å². The van der Waals surface area contributed by atoms with Crippen LogP contribution in [0.1, 0.15) is 25.0 Å². The van der Waals surface area contributed by atoms with Gasteiger partial charge in [0.15, 0.2) is 0 Å². The first-order valence-corrected chi connectivity index (χ1v) is 19.7. The van der Waals surface area contributed by atoms with Gasteiger partial charge >= 0.3 is 0 Å². The summed E-state index contributed by atoms with van der Waals surface area (Å²) in [5.41, 5.74) is 11.1. The average molecular weight is 712 g/mol. The first kappa shape index (κ1) is 31.4. The molecule has 0 unspecified atom stereocenters. The molecule has 11 aromatic rings. The Morgan fingerprint density at radius 1 is 0.321 bits per heavy atom. The van der Waals surface area contributed by atoms with Crippen molar-refractivity contribution in [1.82, 2.24) is 0 Å². The van der Waals surface area contributed by atoms with Crippen LogP contribution in [0.15, 0.2) is 188 Å². The summed E-state index contributed by atoms with van der Waals surface area (Å²) in [6.07, 6.45) is 0. The summed E-state index contributed by atoms with van der Waals surface area (Å²) in [5, 5.41) is 15.5. The Kier molecular flexibility index (Phi) is 6.46. The van der Waals surface area contributed by atoms with Gasteiger partial charge in [-0.3, -0.25) is 0 Å². The number of nitrogens with zero attached hydrogens (tertiary/aromatic N) is 1. The van der Waals surface area contributed by atoms with Gasteiger partial charge in [0.05, 0.1) is 0 Å². The molecule has 1 aliphatic carbocycles. The third kappa shape index (κ3) is 4.37. The minimum absolute atomic E-state index is 0.118. The van der Waals surface area contributed by atoms with Crippen LogP contribution in [0, 0.1) is 0 Å². The summed E-state index contributed by atoms with van der Waals surface area (Å²) in [4.78, 5) is 2.48. The van der Waals surface area contributed by atoms with Crippen molar-refractivity contribution in [2.24, 2.45) is 0 Å². The molecule has 0 aliphatic heterocycles. The molecule has 1 aliphatic rings. The van der Waals surface area contributed by atoms with Crippen LogP contribution in [0.3, 0.4) is 0 Å². The maximum Gasteiger partial charge on any atom is 0.0474 e. The molecule has 11 aromatic carbocycles. The lowest BCUT2D eigenvalue weighted by Gasteiger charge is -2.29. The predicted octanol–water partition coefficient (Wildman–Crippen LogP) is 15.5. The van der Waals surface area contributed by atoms with Gasteiger partial charge < -0.3 is 4.90 Å². The zero-order chi connectivity index (χ0) is 37.1. The monoisotopic (exact) mass is 711 g/mol. The first-order valence-electron chi connectivity index (χ1n) is 19.7. The number of fused-ring (bicyclic) bond motifs is 5. The molecule has 262 valence electrons. The Hall–Kier alpha value is -6.96. The van der Waals surface area contributed by atoms with Crippen molar-refractivity contribution in [1.29, 1.82) is 0 Å². The van der Waals surface area contributed by atoms with E-state index < -0.39 is 0 Å². The molecule has 56 heavy (non-hydrogen) atoms. The van der Waals surface area contributed by atoms with E-state index in [1.165, 1.54) is 98.0 Å². The van der Waals surface area contributed by atoms with Crippen LogP contribution < -0.4 is 4.90 Å². The number of rotatable bonds is 4. The highest BCUT2D eigenvalue weighted by Gasteiger charge is 2.35. The second-order valence-corrected chi connectivity index (χ2v) is 16.1. The van der Waals surface area contributed by atoms with Gasteiger partial charge in [-0.1, -0.05) is 166 Å². The largest absolute Gasteiger partial charge is 0.310 e. The Morgan fingerprint density at radius 2 is 0.839 bits per heavy atom. The molecule has 0 spiro atoms. The van der Waals surface area contributed by atoms with Crippen molar-refractivity contribution in [3.8, 4) is 22.3 Å². The zero-order valence-electron chi connectivity index (χ0n) is 31.3. The lowest BCUT2D eigenvalue weighted by Crippen LogP contribution is -2.16. The molecular weight excluding hydrogens is 675 g/mol. The van der Waals surface area contributed by atoms with E-state index in [9.17, 15) is 0 Å². The minimum Gasteiger partial charge on any atom is -0.310 e. The van der Waals surface area contributed by atoms with E-state index in [4.69, 9.17) is 0 Å². The van der Waals surface area contributed by atoms with E-state index in [0.717, 1.165) is 17.1 Å². The lowest BCUT2D eigenvalue weighted by atomic mass is 9.82. The van der Waals surface area contributed by atoms with E-state index in [2.05, 4.69) is 207 Å². The smallest absolute Gasteiger partial charge is 0.0474 e. The van der Waals surface area contributed by atoms with Crippen LogP contribution >= 0.6 is 0 Å². The second-order valence-electron chi connectivity index (χ2n) is 16.1. The van der Waals surface area contributed by atoms with Crippen LogP contribution in [0.4, 0.5) is 17.1 Å². The molecule has 0 amide bonds. The van der Waals surface area contributed by atoms with Crippen molar-refractivity contribution >= 4 is 81.7 Å². The molecule has 0 bridgehead atoms. The molecule has 1 heteroatoms. The first-order chi connectivity index (χ1) is 27.5. The lowest BCUT2D eigenvalue weighted by molar-refractivity contribution is 0.660. The van der Waals surface area contributed by atoms with E-state index in [1.807, 2.05) is 0 Å². The van der Waals surface area contributed by atoms with Gasteiger partial charge in [0.25, 0.3) is 0 Å². The number of hydrogen-bond donors (Lipinski definition) is 0. The Bertz CT molecular complexity index is 3370. The van der Waals surface area contributed by atoms with Crippen LogP contribution in [0.2, 0.25) is 0 Å². The highest BCUT2D eigenvalue weighted by molar-refractivity contribution is 6.37. The topological polar surface area (TPSA) is 3.24 Å². The highest BCUT2D eigenvalue weighted by Crippen LogP contribution is 2.52. The summed E-state index contributed by atoms with van der Waals surface area (Å²) in [6, 6.07) is 70.4. The molecule has 0 saturated heterocycles. The number of anilines is 3. The molecule has 1 nitrogen and oxygen atoms in total. The van der Waals surface area contributed by atoms with Gasteiger partial charge in [0.1, 0.15) is 0 Å². The van der Waals surface area contributed by atoms with Gasteiger partial charge in [0.2, 0.25) is 0 Å². The van der Waals surface area contributed by atoms with Crippen LogP contribution in [0.25, 0.3) is 86.9 Å². The van der Waals surface area contributed by atoms with Gasteiger partial charge in [-0.2, -0.15) is 0 Å². The standard InChI is InChI=1S/C55H37N/c1-55(2)49-20-7-6-16-43(49)44-30-29-41(33-50(44)55)56(40-27-25-35(26-28-40)34-11-4-3-5-12-34)42-31-39-24-23-38-14-9-18-46-45-17-8-13-36-21-22-37-15-10-19-47(53(37)51(36)45)48(32-42)54(39)52(38)46/h3-33H,1-2H3. The van der Waals surface area contributed by atoms with Crippen molar-refractivity contribution in [3.63, 3.8) is 0 Å². The Balaban J connectivity index is 1.19. The molecule has 0 saturated carbocycles. The van der Waals surface area contributed by atoms with E-state index >= 15 is 0 Å². The quantitative estimate of drug-likeness (QED) is 0.164. The van der Waals surface area contributed by atoms with E-state index in [-0.39, 0.29) is 5.41 Å². The van der Waals surface area contributed by atoms with Gasteiger partial charge in [-0.05, 0) is 134 Å². The maximum atomic E-state index is 2.48.